The van der Waals surface area contributed by atoms with Crippen molar-refractivity contribution in [1.82, 2.24) is 9.47 Å². The molecule has 2 aromatic rings. The number of fused-ring (bicyclic) bond motifs is 1. The second-order valence-corrected chi connectivity index (χ2v) is 6.28. The van der Waals surface area contributed by atoms with Crippen molar-refractivity contribution >= 4 is 17.5 Å². The van der Waals surface area contributed by atoms with Crippen LogP contribution in [-0.4, -0.2) is 35.1 Å². The van der Waals surface area contributed by atoms with Crippen LogP contribution in [0.25, 0.3) is 0 Å². The third kappa shape index (κ3) is 3.77. The van der Waals surface area contributed by atoms with Crippen molar-refractivity contribution in [3.05, 3.63) is 58.9 Å². The van der Waals surface area contributed by atoms with Gasteiger partial charge in [-0.25, -0.2) is 0 Å². The van der Waals surface area contributed by atoms with Crippen LogP contribution in [-0.2, 0) is 29.0 Å². The first-order valence-electron chi connectivity index (χ1n) is 7.85. The molecule has 0 spiro atoms. The first-order valence-corrected chi connectivity index (χ1v) is 8.23. The van der Waals surface area contributed by atoms with E-state index in [9.17, 15) is 4.79 Å². The molecule has 1 aromatic carbocycles. The van der Waals surface area contributed by atoms with Crippen LogP contribution in [0.15, 0.2) is 42.6 Å². The van der Waals surface area contributed by atoms with E-state index in [1.54, 1.807) is 7.11 Å². The highest BCUT2D eigenvalue weighted by Crippen LogP contribution is 2.19. The standard InChI is InChI=1S/C18H21ClN2O2/c1-23-16-12-20-10-4-6-15(20)11-21(13-16)18(22)9-8-14-5-2-3-7-17(14)19/h2-7,10,16H,8-9,11-13H2,1H3. The maximum Gasteiger partial charge on any atom is 0.223 e. The first kappa shape index (κ1) is 16.1. The Kier molecular flexibility index (Phi) is 5.03. The number of rotatable bonds is 4. The minimum Gasteiger partial charge on any atom is -0.378 e. The van der Waals surface area contributed by atoms with E-state index < -0.39 is 0 Å². The number of amides is 1. The molecule has 0 saturated carbocycles. The fourth-order valence-electron chi connectivity index (χ4n) is 2.99. The number of carbonyl (C=O) groups is 1. The molecule has 1 aliphatic rings. The predicted molar refractivity (Wildman–Crippen MR) is 90.4 cm³/mol. The summed E-state index contributed by atoms with van der Waals surface area (Å²) in [5.41, 5.74) is 2.17. The Morgan fingerprint density at radius 1 is 1.26 bits per heavy atom. The molecule has 1 aromatic heterocycles. The zero-order valence-corrected chi connectivity index (χ0v) is 14.0. The molecule has 0 aliphatic carbocycles. The van der Waals surface area contributed by atoms with E-state index in [0.717, 1.165) is 22.8 Å². The minimum absolute atomic E-state index is 0.0212. The molecule has 3 rings (SSSR count). The van der Waals surface area contributed by atoms with E-state index >= 15 is 0 Å². The van der Waals surface area contributed by atoms with E-state index in [-0.39, 0.29) is 12.0 Å². The molecule has 0 radical (unpaired) electrons. The van der Waals surface area contributed by atoms with Gasteiger partial charge in [-0.05, 0) is 30.2 Å². The summed E-state index contributed by atoms with van der Waals surface area (Å²) in [5.74, 6) is 0.140. The molecule has 1 atom stereocenters. The largest absolute Gasteiger partial charge is 0.378 e. The second kappa shape index (κ2) is 7.20. The molecule has 0 bridgehead atoms. The smallest absolute Gasteiger partial charge is 0.223 e. The topological polar surface area (TPSA) is 34.5 Å². The van der Waals surface area contributed by atoms with Crippen molar-refractivity contribution in [2.45, 2.75) is 32.0 Å². The molecule has 1 amide bonds. The van der Waals surface area contributed by atoms with Gasteiger partial charge in [0.25, 0.3) is 0 Å². The third-order valence-corrected chi connectivity index (χ3v) is 4.72. The van der Waals surface area contributed by atoms with Gasteiger partial charge in [-0.15, -0.1) is 0 Å². The van der Waals surface area contributed by atoms with Gasteiger partial charge in [0.2, 0.25) is 5.91 Å². The Morgan fingerprint density at radius 2 is 2.09 bits per heavy atom. The molecule has 5 heteroatoms. The predicted octanol–water partition coefficient (Wildman–Crippen LogP) is 3.13. The molecule has 2 heterocycles. The average molecular weight is 333 g/mol. The van der Waals surface area contributed by atoms with Gasteiger partial charge in [-0.2, -0.15) is 0 Å². The van der Waals surface area contributed by atoms with Gasteiger partial charge in [0.1, 0.15) is 0 Å². The van der Waals surface area contributed by atoms with Crippen molar-refractivity contribution < 1.29 is 9.53 Å². The lowest BCUT2D eigenvalue weighted by atomic mass is 10.1. The number of methoxy groups -OCH3 is 1. The Bertz CT molecular complexity index is 683. The molecule has 1 aliphatic heterocycles. The fourth-order valence-corrected chi connectivity index (χ4v) is 3.22. The minimum atomic E-state index is 0.0212. The number of aromatic nitrogens is 1. The summed E-state index contributed by atoms with van der Waals surface area (Å²) in [5, 5.41) is 0.722. The van der Waals surface area contributed by atoms with Gasteiger partial charge in [0, 0.05) is 37.0 Å². The zero-order chi connectivity index (χ0) is 16.2. The number of benzene rings is 1. The number of carbonyl (C=O) groups excluding carboxylic acids is 1. The summed E-state index contributed by atoms with van der Waals surface area (Å²) in [4.78, 5) is 14.5. The van der Waals surface area contributed by atoms with Crippen molar-refractivity contribution in [1.29, 1.82) is 0 Å². The second-order valence-electron chi connectivity index (χ2n) is 5.88. The molecule has 1 unspecified atom stereocenters. The lowest BCUT2D eigenvalue weighted by Gasteiger charge is -2.23. The highest BCUT2D eigenvalue weighted by atomic mass is 35.5. The van der Waals surface area contributed by atoms with Crippen molar-refractivity contribution in [3.63, 3.8) is 0 Å². The van der Waals surface area contributed by atoms with Crippen LogP contribution in [0.5, 0.6) is 0 Å². The summed E-state index contributed by atoms with van der Waals surface area (Å²) in [7, 11) is 1.70. The molecular formula is C18H21ClN2O2. The fraction of sp³-hybridized carbons (Fsp3) is 0.389. The first-order chi connectivity index (χ1) is 11.2. The molecule has 0 saturated heterocycles. The summed E-state index contributed by atoms with van der Waals surface area (Å²) >= 11 is 6.17. The number of hydrogen-bond acceptors (Lipinski definition) is 2. The van der Waals surface area contributed by atoms with Crippen LogP contribution in [0.2, 0.25) is 5.02 Å². The summed E-state index contributed by atoms with van der Waals surface area (Å²) in [6, 6.07) is 11.8. The Morgan fingerprint density at radius 3 is 2.87 bits per heavy atom. The summed E-state index contributed by atoms with van der Waals surface area (Å²) < 4.78 is 7.69. The lowest BCUT2D eigenvalue weighted by molar-refractivity contribution is -0.133. The van der Waals surface area contributed by atoms with Crippen molar-refractivity contribution in [2.24, 2.45) is 0 Å². The number of halogens is 1. The summed E-state index contributed by atoms with van der Waals surface area (Å²) in [6.07, 6.45) is 3.18. The van der Waals surface area contributed by atoms with Crippen molar-refractivity contribution in [2.75, 3.05) is 13.7 Å². The number of ether oxygens (including phenoxy) is 1. The molecule has 23 heavy (non-hydrogen) atoms. The molecule has 4 nitrogen and oxygen atoms in total. The van der Waals surface area contributed by atoms with E-state index in [1.165, 1.54) is 0 Å². The summed E-state index contributed by atoms with van der Waals surface area (Å²) in [6.45, 7) is 2.04. The Labute approximate surface area is 141 Å². The maximum absolute atomic E-state index is 12.6. The van der Waals surface area contributed by atoms with Crippen LogP contribution >= 0.6 is 11.6 Å². The molecule has 0 fully saturated rings. The van der Waals surface area contributed by atoms with Gasteiger partial charge in [0.15, 0.2) is 0 Å². The van der Waals surface area contributed by atoms with Gasteiger partial charge in [0.05, 0.1) is 19.2 Å². The van der Waals surface area contributed by atoms with E-state index in [2.05, 4.69) is 10.6 Å². The average Bonchev–Trinajstić information content (AvgIpc) is 2.91. The van der Waals surface area contributed by atoms with Gasteiger partial charge in [-0.1, -0.05) is 29.8 Å². The van der Waals surface area contributed by atoms with Crippen molar-refractivity contribution in [3.8, 4) is 0 Å². The van der Waals surface area contributed by atoms with Gasteiger partial charge in [-0.3, -0.25) is 4.79 Å². The maximum atomic E-state index is 12.6. The number of aryl methyl sites for hydroxylation is 1. The van der Waals surface area contributed by atoms with E-state index in [4.69, 9.17) is 16.3 Å². The highest BCUT2D eigenvalue weighted by molar-refractivity contribution is 6.31. The van der Waals surface area contributed by atoms with E-state index in [0.29, 0.717) is 25.9 Å². The Hall–Kier alpha value is -1.78. The Balaban J connectivity index is 1.68. The van der Waals surface area contributed by atoms with Gasteiger partial charge >= 0.3 is 0 Å². The highest BCUT2D eigenvalue weighted by Gasteiger charge is 2.24. The van der Waals surface area contributed by atoms with Crippen LogP contribution in [0.3, 0.4) is 0 Å². The van der Waals surface area contributed by atoms with E-state index in [1.807, 2.05) is 41.4 Å². The molecule has 0 N–H and O–H groups in total. The lowest BCUT2D eigenvalue weighted by Crippen LogP contribution is -2.37. The van der Waals surface area contributed by atoms with Crippen LogP contribution in [0.4, 0.5) is 0 Å². The molecule has 122 valence electrons. The third-order valence-electron chi connectivity index (χ3n) is 4.35. The number of hydrogen-bond donors (Lipinski definition) is 0. The number of nitrogens with zero attached hydrogens (tertiary/aromatic N) is 2. The van der Waals surface area contributed by atoms with Crippen LogP contribution < -0.4 is 0 Å². The monoisotopic (exact) mass is 332 g/mol. The van der Waals surface area contributed by atoms with Crippen LogP contribution in [0, 0.1) is 0 Å². The van der Waals surface area contributed by atoms with Gasteiger partial charge < -0.3 is 14.2 Å². The zero-order valence-electron chi connectivity index (χ0n) is 13.2. The quantitative estimate of drug-likeness (QED) is 0.862. The normalized spacial score (nSPS) is 17.7. The van der Waals surface area contributed by atoms with Crippen LogP contribution in [0.1, 0.15) is 17.7 Å². The molecular weight excluding hydrogens is 312 g/mol. The SMILES string of the molecule is COC1CN(C(=O)CCc2ccccc2Cl)Cc2cccn2C1.